The van der Waals surface area contributed by atoms with Gasteiger partial charge >= 0.3 is 0 Å². The van der Waals surface area contributed by atoms with Crippen LogP contribution in [0, 0.1) is 12.7 Å². The predicted molar refractivity (Wildman–Crippen MR) is 70.5 cm³/mol. The Balaban J connectivity index is 2.19. The van der Waals surface area contributed by atoms with E-state index in [-0.39, 0.29) is 11.5 Å². The molecule has 0 bridgehead atoms. The van der Waals surface area contributed by atoms with Gasteiger partial charge in [0.05, 0.1) is 0 Å². The van der Waals surface area contributed by atoms with Gasteiger partial charge in [0.25, 0.3) is 5.91 Å². The zero-order valence-electron chi connectivity index (χ0n) is 9.71. The summed E-state index contributed by atoms with van der Waals surface area (Å²) in [5, 5.41) is 3.19. The highest BCUT2D eigenvalue weighted by Crippen LogP contribution is 2.16. The number of carbonyl (C=O) groups excluding carboxylic acids is 1. The van der Waals surface area contributed by atoms with E-state index >= 15 is 0 Å². The number of nitrogens with one attached hydrogen (secondary N) is 1. The number of hydrogen-bond acceptors (Lipinski definition) is 1. The van der Waals surface area contributed by atoms with E-state index < -0.39 is 5.82 Å². The Labute approximate surface area is 109 Å². The van der Waals surface area contributed by atoms with Gasteiger partial charge < -0.3 is 5.32 Å². The van der Waals surface area contributed by atoms with E-state index in [1.54, 1.807) is 43.3 Å². The Morgan fingerprint density at radius 3 is 2.67 bits per heavy atom. The predicted octanol–water partition coefficient (Wildman–Crippen LogP) is 4.04. The molecule has 2 aromatic rings. The average molecular weight is 264 g/mol. The average Bonchev–Trinajstić information content (AvgIpc) is 2.32. The largest absolute Gasteiger partial charge is 0.322 e. The van der Waals surface area contributed by atoms with Crippen molar-refractivity contribution in [1.82, 2.24) is 0 Å². The normalized spacial score (nSPS) is 10.2. The molecule has 0 aliphatic heterocycles. The van der Waals surface area contributed by atoms with Crippen LogP contribution in [-0.2, 0) is 0 Å². The minimum Gasteiger partial charge on any atom is -0.322 e. The first-order valence-corrected chi connectivity index (χ1v) is 5.77. The SMILES string of the molecule is Cc1ccc(C(=O)Nc2cccc(Cl)c2)cc1F. The highest BCUT2D eigenvalue weighted by atomic mass is 35.5. The molecule has 4 heteroatoms. The van der Waals surface area contributed by atoms with E-state index in [0.29, 0.717) is 16.3 Å². The lowest BCUT2D eigenvalue weighted by molar-refractivity contribution is 0.102. The molecule has 2 aromatic carbocycles. The van der Waals surface area contributed by atoms with Crippen molar-refractivity contribution in [3.8, 4) is 0 Å². The van der Waals surface area contributed by atoms with Crippen molar-refractivity contribution in [2.75, 3.05) is 5.32 Å². The maximum Gasteiger partial charge on any atom is 0.255 e. The number of hydrogen-bond donors (Lipinski definition) is 1. The van der Waals surface area contributed by atoms with E-state index in [1.165, 1.54) is 6.07 Å². The minimum absolute atomic E-state index is 0.276. The van der Waals surface area contributed by atoms with Gasteiger partial charge in [-0.2, -0.15) is 0 Å². The lowest BCUT2D eigenvalue weighted by atomic mass is 10.1. The number of halogens is 2. The van der Waals surface area contributed by atoms with E-state index in [2.05, 4.69) is 5.32 Å². The molecule has 0 aliphatic carbocycles. The molecule has 2 rings (SSSR count). The highest BCUT2D eigenvalue weighted by Gasteiger charge is 2.08. The summed E-state index contributed by atoms with van der Waals surface area (Å²) < 4.78 is 13.3. The van der Waals surface area contributed by atoms with E-state index in [4.69, 9.17) is 11.6 Å². The third-order valence-corrected chi connectivity index (χ3v) is 2.75. The van der Waals surface area contributed by atoms with Crippen LogP contribution in [0.2, 0.25) is 5.02 Å². The number of benzene rings is 2. The van der Waals surface area contributed by atoms with Crippen LogP contribution in [0.25, 0.3) is 0 Å². The van der Waals surface area contributed by atoms with Crippen LogP contribution >= 0.6 is 11.6 Å². The van der Waals surface area contributed by atoms with Gasteiger partial charge in [-0.1, -0.05) is 23.7 Å². The van der Waals surface area contributed by atoms with Crippen LogP contribution in [0.15, 0.2) is 42.5 Å². The summed E-state index contributed by atoms with van der Waals surface area (Å²) >= 11 is 5.81. The van der Waals surface area contributed by atoms with Gasteiger partial charge in [0, 0.05) is 16.3 Å². The molecule has 0 spiro atoms. The van der Waals surface area contributed by atoms with Crippen LogP contribution in [0.4, 0.5) is 10.1 Å². The molecule has 92 valence electrons. The smallest absolute Gasteiger partial charge is 0.255 e. The molecule has 0 unspecified atom stereocenters. The molecule has 2 nitrogen and oxygen atoms in total. The number of carbonyl (C=O) groups is 1. The zero-order chi connectivity index (χ0) is 13.1. The van der Waals surface area contributed by atoms with Gasteiger partial charge in [-0.3, -0.25) is 4.79 Å². The summed E-state index contributed by atoms with van der Waals surface area (Å²) in [4.78, 5) is 11.9. The number of amides is 1. The van der Waals surface area contributed by atoms with Gasteiger partial charge in [0.1, 0.15) is 5.82 Å². The van der Waals surface area contributed by atoms with Crippen molar-refractivity contribution in [3.05, 3.63) is 64.4 Å². The molecule has 0 saturated heterocycles. The van der Waals surface area contributed by atoms with Crippen LogP contribution in [0.5, 0.6) is 0 Å². The Morgan fingerprint density at radius 2 is 2.00 bits per heavy atom. The van der Waals surface area contributed by atoms with Crippen molar-refractivity contribution in [1.29, 1.82) is 0 Å². The van der Waals surface area contributed by atoms with Gasteiger partial charge in [-0.15, -0.1) is 0 Å². The summed E-state index contributed by atoms with van der Waals surface area (Å²) in [6.07, 6.45) is 0. The second-order valence-electron chi connectivity index (χ2n) is 3.93. The van der Waals surface area contributed by atoms with Crippen molar-refractivity contribution in [2.24, 2.45) is 0 Å². The topological polar surface area (TPSA) is 29.1 Å². The number of aryl methyl sites for hydroxylation is 1. The first-order chi connectivity index (χ1) is 8.56. The van der Waals surface area contributed by atoms with Crippen LogP contribution in [0.3, 0.4) is 0 Å². The monoisotopic (exact) mass is 263 g/mol. The van der Waals surface area contributed by atoms with E-state index in [0.717, 1.165) is 0 Å². The van der Waals surface area contributed by atoms with Gasteiger partial charge in [-0.05, 0) is 42.8 Å². The maximum atomic E-state index is 13.3. The van der Waals surface area contributed by atoms with E-state index in [1.807, 2.05) is 0 Å². The molecular weight excluding hydrogens is 253 g/mol. The number of rotatable bonds is 2. The van der Waals surface area contributed by atoms with Gasteiger partial charge in [0.15, 0.2) is 0 Å². The standard InChI is InChI=1S/C14H11ClFNO/c1-9-5-6-10(7-13(9)16)14(18)17-12-4-2-3-11(15)8-12/h2-8H,1H3,(H,17,18). The first-order valence-electron chi connectivity index (χ1n) is 5.39. The minimum atomic E-state index is -0.395. The summed E-state index contributed by atoms with van der Waals surface area (Å²) in [6, 6.07) is 11.2. The molecule has 0 atom stereocenters. The Hall–Kier alpha value is -1.87. The summed E-state index contributed by atoms with van der Waals surface area (Å²) in [6.45, 7) is 1.65. The second-order valence-corrected chi connectivity index (χ2v) is 4.36. The Morgan fingerprint density at radius 1 is 1.22 bits per heavy atom. The molecule has 1 N–H and O–H groups in total. The Kier molecular flexibility index (Phi) is 3.63. The van der Waals surface area contributed by atoms with Crippen LogP contribution < -0.4 is 5.32 Å². The molecule has 18 heavy (non-hydrogen) atoms. The summed E-state index contributed by atoms with van der Waals surface area (Å²) in [5.41, 5.74) is 1.36. The fourth-order valence-electron chi connectivity index (χ4n) is 1.50. The van der Waals surface area contributed by atoms with Crippen molar-refractivity contribution in [2.45, 2.75) is 6.92 Å². The maximum absolute atomic E-state index is 13.3. The van der Waals surface area contributed by atoms with Crippen LogP contribution in [-0.4, -0.2) is 5.91 Å². The zero-order valence-corrected chi connectivity index (χ0v) is 10.5. The van der Waals surface area contributed by atoms with Crippen molar-refractivity contribution >= 4 is 23.2 Å². The molecule has 0 heterocycles. The molecule has 0 fully saturated rings. The number of anilines is 1. The molecule has 0 aliphatic rings. The van der Waals surface area contributed by atoms with Crippen molar-refractivity contribution < 1.29 is 9.18 Å². The molecule has 0 saturated carbocycles. The molecule has 1 amide bonds. The summed E-state index contributed by atoms with van der Waals surface area (Å²) in [7, 11) is 0. The highest BCUT2D eigenvalue weighted by molar-refractivity contribution is 6.30. The first kappa shape index (κ1) is 12.6. The fourth-order valence-corrected chi connectivity index (χ4v) is 1.69. The fraction of sp³-hybridized carbons (Fsp3) is 0.0714. The van der Waals surface area contributed by atoms with Crippen LogP contribution in [0.1, 0.15) is 15.9 Å². The summed E-state index contributed by atoms with van der Waals surface area (Å²) in [5.74, 6) is -0.759. The Bertz CT molecular complexity index is 598. The lowest BCUT2D eigenvalue weighted by Crippen LogP contribution is -2.12. The van der Waals surface area contributed by atoms with Crippen molar-refractivity contribution in [3.63, 3.8) is 0 Å². The third kappa shape index (κ3) is 2.87. The molecular formula is C14H11ClFNO. The third-order valence-electron chi connectivity index (χ3n) is 2.52. The molecule has 0 aromatic heterocycles. The van der Waals surface area contributed by atoms with E-state index in [9.17, 15) is 9.18 Å². The quantitative estimate of drug-likeness (QED) is 0.870. The second kappa shape index (κ2) is 5.19. The van der Waals surface area contributed by atoms with Gasteiger partial charge in [0.2, 0.25) is 0 Å². The van der Waals surface area contributed by atoms with Gasteiger partial charge in [-0.25, -0.2) is 4.39 Å². The lowest BCUT2D eigenvalue weighted by Gasteiger charge is -2.06. The molecule has 0 radical (unpaired) electrons.